The van der Waals surface area contributed by atoms with Gasteiger partial charge >= 0.3 is 0 Å². The number of benzene rings is 2. The topological polar surface area (TPSA) is 79.8 Å². The maximum absolute atomic E-state index is 12.2. The molecule has 2 aromatic rings. The Balaban J connectivity index is 1.57. The number of thioether (sulfide) groups is 1. The van der Waals surface area contributed by atoms with Crippen LogP contribution in [0.5, 0.6) is 5.75 Å². The van der Waals surface area contributed by atoms with E-state index < -0.39 is 5.25 Å². The second-order valence-corrected chi connectivity index (χ2v) is 7.81. The number of aliphatic imine (C=N–C) groups is 1. The molecule has 140 valence electrons. The van der Waals surface area contributed by atoms with Crippen molar-refractivity contribution >= 4 is 56.0 Å². The number of ether oxygens (including phenoxy) is 1. The van der Waals surface area contributed by atoms with Crippen molar-refractivity contribution in [2.75, 3.05) is 11.9 Å². The van der Waals surface area contributed by atoms with Gasteiger partial charge < -0.3 is 15.4 Å². The molecule has 1 fully saturated rings. The standard InChI is InChI=1S/C19H18BrN3O3S/c1-2-26-15-9-7-14(8-10-15)22-19-23-18(25)16(27-19)11-17(24)21-13-5-3-12(20)4-6-13/h3-10,16H,2,11H2,1H3,(H,21,24)(H,22,23,25)/t16-/m0/s1. The Morgan fingerprint density at radius 3 is 2.59 bits per heavy atom. The molecule has 8 heteroatoms. The summed E-state index contributed by atoms with van der Waals surface area (Å²) in [7, 11) is 0. The summed E-state index contributed by atoms with van der Waals surface area (Å²) in [5, 5.41) is 5.51. The highest BCUT2D eigenvalue weighted by atomic mass is 79.9. The van der Waals surface area contributed by atoms with Crippen LogP contribution in [0.1, 0.15) is 13.3 Å². The molecule has 0 radical (unpaired) electrons. The van der Waals surface area contributed by atoms with Crippen LogP contribution in [-0.4, -0.2) is 28.8 Å². The SMILES string of the molecule is CCOc1ccc(N=C2NC(=O)[C@H](CC(=O)Nc3ccc(Br)cc3)S2)cc1. The van der Waals surface area contributed by atoms with E-state index in [-0.39, 0.29) is 18.2 Å². The zero-order valence-electron chi connectivity index (χ0n) is 14.6. The summed E-state index contributed by atoms with van der Waals surface area (Å²) < 4.78 is 6.33. The summed E-state index contributed by atoms with van der Waals surface area (Å²) in [5.41, 5.74) is 1.40. The summed E-state index contributed by atoms with van der Waals surface area (Å²) in [5.74, 6) is 0.343. The van der Waals surface area contributed by atoms with Crippen molar-refractivity contribution in [2.45, 2.75) is 18.6 Å². The van der Waals surface area contributed by atoms with Crippen LogP contribution in [0.2, 0.25) is 0 Å². The van der Waals surface area contributed by atoms with Gasteiger partial charge in [-0.2, -0.15) is 0 Å². The minimum atomic E-state index is -0.498. The van der Waals surface area contributed by atoms with Crippen molar-refractivity contribution in [3.05, 3.63) is 53.0 Å². The van der Waals surface area contributed by atoms with Gasteiger partial charge in [-0.1, -0.05) is 27.7 Å². The number of hydrogen-bond donors (Lipinski definition) is 2. The van der Waals surface area contributed by atoms with Gasteiger partial charge in [0, 0.05) is 16.6 Å². The molecule has 1 aliphatic heterocycles. The third-order valence-electron chi connectivity index (χ3n) is 3.65. The average Bonchev–Trinajstić information content (AvgIpc) is 2.98. The molecule has 0 unspecified atom stereocenters. The summed E-state index contributed by atoms with van der Waals surface area (Å²) in [6, 6.07) is 14.6. The fourth-order valence-electron chi connectivity index (χ4n) is 2.41. The Hall–Kier alpha value is -2.32. The predicted molar refractivity (Wildman–Crippen MR) is 112 cm³/mol. The number of nitrogens with zero attached hydrogens (tertiary/aromatic N) is 1. The van der Waals surface area contributed by atoms with Crippen molar-refractivity contribution < 1.29 is 14.3 Å². The monoisotopic (exact) mass is 447 g/mol. The molecule has 6 nitrogen and oxygen atoms in total. The zero-order valence-corrected chi connectivity index (χ0v) is 17.0. The van der Waals surface area contributed by atoms with Crippen LogP contribution in [0.25, 0.3) is 0 Å². The quantitative estimate of drug-likeness (QED) is 0.698. The van der Waals surface area contributed by atoms with Crippen LogP contribution < -0.4 is 15.4 Å². The van der Waals surface area contributed by atoms with Crippen molar-refractivity contribution in [1.82, 2.24) is 5.32 Å². The lowest BCUT2D eigenvalue weighted by molar-refractivity contribution is -0.122. The Kier molecular flexibility index (Phi) is 6.52. The number of nitrogens with one attached hydrogen (secondary N) is 2. The van der Waals surface area contributed by atoms with Gasteiger partial charge in [-0.05, 0) is 55.5 Å². The number of halogens is 1. The first-order valence-corrected chi connectivity index (χ1v) is 10.1. The van der Waals surface area contributed by atoms with E-state index in [1.165, 1.54) is 11.8 Å². The van der Waals surface area contributed by atoms with Crippen molar-refractivity contribution in [1.29, 1.82) is 0 Å². The molecule has 0 spiro atoms. The van der Waals surface area contributed by atoms with Crippen LogP contribution in [0.3, 0.4) is 0 Å². The lowest BCUT2D eigenvalue weighted by Crippen LogP contribution is -2.28. The second kappa shape index (κ2) is 9.05. The predicted octanol–water partition coefficient (Wildman–Crippen LogP) is 4.10. The highest BCUT2D eigenvalue weighted by Gasteiger charge is 2.32. The lowest BCUT2D eigenvalue weighted by Gasteiger charge is -2.07. The first-order chi connectivity index (χ1) is 13.0. The Bertz CT molecular complexity index is 854. The van der Waals surface area contributed by atoms with E-state index in [9.17, 15) is 9.59 Å². The smallest absolute Gasteiger partial charge is 0.240 e. The highest BCUT2D eigenvalue weighted by molar-refractivity contribution is 9.10. The minimum absolute atomic E-state index is 0.0782. The molecule has 1 aliphatic rings. The van der Waals surface area contributed by atoms with E-state index in [4.69, 9.17) is 4.74 Å². The maximum atomic E-state index is 12.2. The summed E-state index contributed by atoms with van der Waals surface area (Å²) in [6.45, 7) is 2.52. The Morgan fingerprint density at radius 2 is 1.93 bits per heavy atom. The molecule has 0 aromatic heterocycles. The molecule has 3 rings (SSSR count). The number of carbonyl (C=O) groups excluding carboxylic acids is 2. The lowest BCUT2D eigenvalue weighted by atomic mass is 10.2. The van der Waals surface area contributed by atoms with E-state index in [0.29, 0.717) is 23.1 Å². The zero-order chi connectivity index (χ0) is 19.2. The van der Waals surface area contributed by atoms with Gasteiger partial charge in [0.05, 0.1) is 12.3 Å². The van der Waals surface area contributed by atoms with Gasteiger partial charge in [0.15, 0.2) is 5.17 Å². The first-order valence-electron chi connectivity index (χ1n) is 8.38. The van der Waals surface area contributed by atoms with Gasteiger partial charge in [-0.25, -0.2) is 4.99 Å². The number of rotatable bonds is 6. The fourth-order valence-corrected chi connectivity index (χ4v) is 3.66. The van der Waals surface area contributed by atoms with Crippen LogP contribution in [0.15, 0.2) is 58.0 Å². The molecule has 1 saturated heterocycles. The van der Waals surface area contributed by atoms with Crippen LogP contribution in [-0.2, 0) is 9.59 Å². The highest BCUT2D eigenvalue weighted by Crippen LogP contribution is 2.26. The summed E-state index contributed by atoms with van der Waals surface area (Å²) in [4.78, 5) is 28.7. The van der Waals surface area contributed by atoms with Gasteiger partial charge in [0.2, 0.25) is 11.8 Å². The van der Waals surface area contributed by atoms with Gasteiger partial charge in [0.1, 0.15) is 11.0 Å². The third kappa shape index (κ3) is 5.58. The van der Waals surface area contributed by atoms with Crippen molar-refractivity contribution in [3.63, 3.8) is 0 Å². The molecule has 2 amide bonds. The average molecular weight is 448 g/mol. The number of amidine groups is 1. The third-order valence-corrected chi connectivity index (χ3v) is 5.26. The van der Waals surface area contributed by atoms with E-state index >= 15 is 0 Å². The van der Waals surface area contributed by atoms with E-state index in [2.05, 4.69) is 31.6 Å². The molecule has 0 aliphatic carbocycles. The first kappa shape index (κ1) is 19.4. The van der Waals surface area contributed by atoms with Crippen LogP contribution >= 0.6 is 27.7 Å². The number of carbonyl (C=O) groups is 2. The van der Waals surface area contributed by atoms with E-state index in [0.717, 1.165) is 10.2 Å². The molecule has 2 aromatic carbocycles. The molecule has 0 bridgehead atoms. The summed E-state index contributed by atoms with van der Waals surface area (Å²) in [6.07, 6.45) is 0.0782. The van der Waals surface area contributed by atoms with Gasteiger partial charge in [-0.15, -0.1) is 0 Å². The normalized spacial score (nSPS) is 17.6. The number of hydrogen-bond acceptors (Lipinski definition) is 5. The Labute approximate surface area is 169 Å². The molecule has 1 heterocycles. The molecule has 0 saturated carbocycles. The Morgan fingerprint density at radius 1 is 1.22 bits per heavy atom. The van der Waals surface area contributed by atoms with Crippen molar-refractivity contribution in [2.24, 2.45) is 4.99 Å². The molecule has 2 N–H and O–H groups in total. The summed E-state index contributed by atoms with van der Waals surface area (Å²) >= 11 is 4.61. The van der Waals surface area contributed by atoms with E-state index in [1.54, 1.807) is 12.1 Å². The minimum Gasteiger partial charge on any atom is -0.494 e. The van der Waals surface area contributed by atoms with Crippen molar-refractivity contribution in [3.8, 4) is 5.75 Å². The largest absolute Gasteiger partial charge is 0.494 e. The molecule has 1 atom stereocenters. The van der Waals surface area contributed by atoms with Gasteiger partial charge in [0.25, 0.3) is 0 Å². The molecular formula is C19H18BrN3O3S. The fraction of sp³-hybridized carbons (Fsp3) is 0.211. The van der Waals surface area contributed by atoms with Crippen LogP contribution in [0.4, 0.5) is 11.4 Å². The van der Waals surface area contributed by atoms with Gasteiger partial charge in [-0.3, -0.25) is 9.59 Å². The number of anilines is 1. The number of amides is 2. The maximum Gasteiger partial charge on any atom is 0.240 e. The van der Waals surface area contributed by atoms with Crippen LogP contribution in [0, 0.1) is 0 Å². The second-order valence-electron chi connectivity index (χ2n) is 5.70. The molecule has 27 heavy (non-hydrogen) atoms. The van der Waals surface area contributed by atoms with E-state index in [1.807, 2.05) is 43.3 Å². The molecular weight excluding hydrogens is 430 g/mol.